The lowest BCUT2D eigenvalue weighted by Gasteiger charge is -2.31. The molecule has 8 heteroatoms. The number of sulfonamides is 1. The molecule has 1 aromatic rings. The number of likely N-dealkylation sites (tertiary alicyclic amines) is 1. The first-order valence-electron chi connectivity index (χ1n) is 10.6. The molecule has 0 atom stereocenters. The van der Waals surface area contributed by atoms with Crippen molar-refractivity contribution < 1.29 is 17.6 Å². The molecule has 1 amide bonds. The van der Waals surface area contributed by atoms with Crippen molar-refractivity contribution in [3.63, 3.8) is 0 Å². The monoisotopic (exact) mass is 425 g/mol. The number of amides is 1. The van der Waals surface area contributed by atoms with Gasteiger partial charge in [-0.3, -0.25) is 4.79 Å². The fourth-order valence-corrected chi connectivity index (χ4v) is 5.53. The van der Waals surface area contributed by atoms with Crippen LogP contribution >= 0.6 is 0 Å². The maximum absolute atomic E-state index is 13.1. The van der Waals surface area contributed by atoms with E-state index in [4.69, 9.17) is 0 Å². The van der Waals surface area contributed by atoms with Gasteiger partial charge in [-0.25, -0.2) is 12.8 Å². The average molecular weight is 426 g/mol. The smallest absolute Gasteiger partial charge is 0.243 e. The van der Waals surface area contributed by atoms with Crippen LogP contribution in [0.5, 0.6) is 0 Å². The van der Waals surface area contributed by atoms with Crippen molar-refractivity contribution in [2.24, 2.45) is 11.8 Å². The van der Waals surface area contributed by atoms with Gasteiger partial charge in [-0.2, -0.15) is 4.31 Å². The molecule has 162 valence electrons. The van der Waals surface area contributed by atoms with Crippen molar-refractivity contribution in [2.45, 2.75) is 43.9 Å². The second kappa shape index (κ2) is 10.00. The van der Waals surface area contributed by atoms with E-state index in [1.807, 2.05) is 0 Å². The summed E-state index contributed by atoms with van der Waals surface area (Å²) >= 11 is 0. The summed E-state index contributed by atoms with van der Waals surface area (Å²) in [5.41, 5.74) is 0. The number of piperidine rings is 2. The lowest BCUT2D eigenvalue weighted by Crippen LogP contribution is -2.43. The van der Waals surface area contributed by atoms with Crippen molar-refractivity contribution in [2.75, 3.05) is 39.3 Å². The molecule has 1 N–H and O–H groups in total. The van der Waals surface area contributed by atoms with Gasteiger partial charge < -0.3 is 10.2 Å². The third-order valence-electron chi connectivity index (χ3n) is 6.10. The van der Waals surface area contributed by atoms with Gasteiger partial charge in [0.15, 0.2) is 0 Å². The minimum atomic E-state index is -3.64. The van der Waals surface area contributed by atoms with E-state index in [9.17, 15) is 17.6 Å². The molecule has 0 aromatic heterocycles. The quantitative estimate of drug-likeness (QED) is 0.682. The Labute approximate surface area is 173 Å². The Morgan fingerprint density at radius 3 is 2.31 bits per heavy atom. The minimum absolute atomic E-state index is 0.0242. The van der Waals surface area contributed by atoms with E-state index >= 15 is 0 Å². The Morgan fingerprint density at radius 1 is 1.07 bits per heavy atom. The standard InChI is InChI=1S/C21H32FN3O3S/c1-17-7-13-24(14-8-17)12-2-11-23-21(26)18-9-15-25(16-10-18)29(27,28)20-5-3-19(22)4-6-20/h3-6,17-18H,2,7-16H2,1H3,(H,23,26). The van der Waals surface area contributed by atoms with Crippen LogP contribution in [-0.4, -0.2) is 62.8 Å². The topological polar surface area (TPSA) is 69.7 Å². The van der Waals surface area contributed by atoms with Crippen LogP contribution in [0, 0.1) is 17.7 Å². The van der Waals surface area contributed by atoms with E-state index < -0.39 is 15.8 Å². The van der Waals surface area contributed by atoms with Crippen LogP contribution in [0.2, 0.25) is 0 Å². The predicted molar refractivity (Wildman–Crippen MR) is 110 cm³/mol. The van der Waals surface area contributed by atoms with Crippen molar-refractivity contribution in [1.29, 1.82) is 0 Å². The number of carbonyl (C=O) groups excluding carboxylic acids is 1. The molecule has 0 saturated carbocycles. The van der Waals surface area contributed by atoms with Gasteiger partial charge in [0.2, 0.25) is 15.9 Å². The van der Waals surface area contributed by atoms with Crippen LogP contribution in [0.25, 0.3) is 0 Å². The summed E-state index contributed by atoms with van der Waals surface area (Å²) in [6.07, 6.45) is 4.47. The van der Waals surface area contributed by atoms with Crippen LogP contribution in [0.15, 0.2) is 29.2 Å². The molecular weight excluding hydrogens is 393 g/mol. The summed E-state index contributed by atoms with van der Waals surface area (Å²) < 4.78 is 39.8. The molecule has 3 rings (SSSR count). The molecule has 2 heterocycles. The van der Waals surface area contributed by atoms with Gasteiger partial charge in [0, 0.05) is 25.6 Å². The van der Waals surface area contributed by atoms with E-state index in [-0.39, 0.29) is 16.7 Å². The maximum atomic E-state index is 13.1. The molecule has 2 fully saturated rings. The molecule has 6 nitrogen and oxygen atoms in total. The summed E-state index contributed by atoms with van der Waals surface area (Å²) in [6, 6.07) is 4.87. The minimum Gasteiger partial charge on any atom is -0.356 e. The molecule has 2 aliphatic heterocycles. The SMILES string of the molecule is CC1CCN(CCCNC(=O)C2CCN(S(=O)(=O)c3ccc(F)cc3)CC2)CC1. The zero-order valence-electron chi connectivity index (χ0n) is 17.1. The predicted octanol–water partition coefficient (Wildman–Crippen LogP) is 2.46. The Kier molecular flexibility index (Phi) is 7.65. The van der Waals surface area contributed by atoms with Gasteiger partial charge in [-0.1, -0.05) is 6.92 Å². The molecule has 2 saturated heterocycles. The van der Waals surface area contributed by atoms with Crippen LogP contribution in [0.4, 0.5) is 4.39 Å². The Bertz CT molecular complexity index is 769. The van der Waals surface area contributed by atoms with Gasteiger partial charge in [-0.15, -0.1) is 0 Å². The van der Waals surface area contributed by atoms with Crippen LogP contribution in [0.1, 0.15) is 39.0 Å². The molecule has 0 unspecified atom stereocenters. The molecule has 0 spiro atoms. The molecule has 0 radical (unpaired) electrons. The highest BCUT2D eigenvalue weighted by molar-refractivity contribution is 7.89. The first-order valence-corrected chi connectivity index (χ1v) is 12.1. The number of halogens is 1. The van der Waals surface area contributed by atoms with Gasteiger partial charge >= 0.3 is 0 Å². The lowest BCUT2D eigenvalue weighted by molar-refractivity contribution is -0.126. The summed E-state index contributed by atoms with van der Waals surface area (Å²) in [5.74, 6) is 0.236. The number of rotatable bonds is 7. The third kappa shape index (κ3) is 5.99. The highest BCUT2D eigenvalue weighted by Crippen LogP contribution is 2.24. The van der Waals surface area contributed by atoms with E-state index in [1.54, 1.807) is 0 Å². The Hall–Kier alpha value is -1.51. The summed E-state index contributed by atoms with van der Waals surface area (Å²) in [5, 5.41) is 3.02. The van der Waals surface area contributed by atoms with E-state index in [0.29, 0.717) is 32.5 Å². The fraction of sp³-hybridized carbons (Fsp3) is 0.667. The van der Waals surface area contributed by atoms with Crippen molar-refractivity contribution in [3.8, 4) is 0 Å². The second-order valence-corrected chi connectivity index (χ2v) is 10.2. The van der Waals surface area contributed by atoms with Crippen LogP contribution in [-0.2, 0) is 14.8 Å². The Balaban J connectivity index is 1.38. The fourth-order valence-electron chi connectivity index (χ4n) is 4.06. The van der Waals surface area contributed by atoms with Gasteiger partial charge in [0.05, 0.1) is 4.90 Å². The summed E-state index contributed by atoms with van der Waals surface area (Å²) in [4.78, 5) is 15.0. The lowest BCUT2D eigenvalue weighted by atomic mass is 9.97. The molecule has 1 aromatic carbocycles. The number of hydrogen-bond acceptors (Lipinski definition) is 4. The maximum Gasteiger partial charge on any atom is 0.243 e. The number of nitrogens with zero attached hydrogens (tertiary/aromatic N) is 2. The van der Waals surface area contributed by atoms with Crippen molar-refractivity contribution in [3.05, 3.63) is 30.1 Å². The van der Waals surface area contributed by atoms with Crippen molar-refractivity contribution >= 4 is 15.9 Å². The second-order valence-electron chi connectivity index (χ2n) is 8.30. The molecule has 2 aliphatic rings. The zero-order chi connectivity index (χ0) is 20.9. The van der Waals surface area contributed by atoms with E-state index in [1.165, 1.54) is 29.3 Å². The van der Waals surface area contributed by atoms with E-state index in [2.05, 4.69) is 17.1 Å². The van der Waals surface area contributed by atoms with Gasteiger partial charge in [0.1, 0.15) is 5.82 Å². The van der Waals surface area contributed by atoms with Crippen molar-refractivity contribution in [1.82, 2.24) is 14.5 Å². The first-order chi connectivity index (χ1) is 13.9. The largest absolute Gasteiger partial charge is 0.356 e. The molecule has 0 bridgehead atoms. The highest BCUT2D eigenvalue weighted by Gasteiger charge is 2.32. The average Bonchev–Trinajstić information content (AvgIpc) is 2.73. The normalized spacial score (nSPS) is 20.6. The highest BCUT2D eigenvalue weighted by atomic mass is 32.2. The van der Waals surface area contributed by atoms with Crippen LogP contribution in [0.3, 0.4) is 0 Å². The number of nitrogens with one attached hydrogen (secondary N) is 1. The molecule has 29 heavy (non-hydrogen) atoms. The van der Waals surface area contributed by atoms with E-state index in [0.717, 1.165) is 44.1 Å². The Morgan fingerprint density at radius 2 is 1.69 bits per heavy atom. The number of benzene rings is 1. The molecular formula is C21H32FN3O3S. The number of hydrogen-bond donors (Lipinski definition) is 1. The zero-order valence-corrected chi connectivity index (χ0v) is 18.0. The van der Waals surface area contributed by atoms with Crippen LogP contribution < -0.4 is 5.32 Å². The summed E-state index contributed by atoms with van der Waals surface area (Å²) in [6.45, 7) is 6.90. The van der Waals surface area contributed by atoms with Gasteiger partial charge in [0.25, 0.3) is 0 Å². The third-order valence-corrected chi connectivity index (χ3v) is 8.02. The van der Waals surface area contributed by atoms with Gasteiger partial charge in [-0.05, 0) is 81.9 Å². The number of carbonyl (C=O) groups is 1. The first kappa shape index (κ1) is 22.2. The summed E-state index contributed by atoms with van der Waals surface area (Å²) in [7, 11) is -3.64. The molecule has 0 aliphatic carbocycles.